The van der Waals surface area contributed by atoms with Crippen molar-refractivity contribution in [3.8, 4) is 6.07 Å². The number of nitrogens with one attached hydrogen (secondary N) is 1. The fraction of sp³-hybridized carbons (Fsp3) is 0. The molecule has 1 aromatic heterocycles. The van der Waals surface area contributed by atoms with Crippen molar-refractivity contribution in [3.63, 3.8) is 0 Å². The standard InChI is InChI=1S/C12H8BrFN4/c13-8-5-17-6-10(16)12(8)18-11-2-1-7(4-15)3-9(11)14/h1-3,5-6H,16H2,(H,17,18). The van der Waals surface area contributed by atoms with Gasteiger partial charge in [0.1, 0.15) is 5.82 Å². The number of nitriles is 1. The fourth-order valence-corrected chi connectivity index (χ4v) is 1.85. The molecular formula is C12H8BrFN4. The third-order valence-corrected chi connectivity index (χ3v) is 2.89. The molecule has 90 valence electrons. The van der Waals surface area contributed by atoms with Crippen LogP contribution in [-0.2, 0) is 0 Å². The predicted octanol–water partition coefficient (Wildman–Crippen LogP) is 3.18. The number of benzene rings is 1. The third kappa shape index (κ3) is 2.41. The van der Waals surface area contributed by atoms with Gasteiger partial charge in [-0.25, -0.2) is 4.39 Å². The molecule has 2 aromatic rings. The molecule has 0 aliphatic carbocycles. The Hall–Kier alpha value is -2.13. The van der Waals surface area contributed by atoms with E-state index >= 15 is 0 Å². The summed E-state index contributed by atoms with van der Waals surface area (Å²) < 4.78 is 14.3. The summed E-state index contributed by atoms with van der Waals surface area (Å²) in [6, 6.07) is 6.04. The summed E-state index contributed by atoms with van der Waals surface area (Å²) in [4.78, 5) is 3.89. The number of nitrogen functional groups attached to an aromatic ring is 1. The van der Waals surface area contributed by atoms with E-state index in [0.717, 1.165) is 6.07 Å². The van der Waals surface area contributed by atoms with Gasteiger partial charge in [0.05, 0.1) is 39.4 Å². The lowest BCUT2D eigenvalue weighted by Crippen LogP contribution is -2.00. The SMILES string of the molecule is N#Cc1ccc(Nc2c(N)cncc2Br)c(F)c1. The minimum atomic E-state index is -0.517. The first kappa shape index (κ1) is 12.3. The molecular weight excluding hydrogens is 299 g/mol. The lowest BCUT2D eigenvalue weighted by atomic mass is 10.2. The minimum Gasteiger partial charge on any atom is -0.396 e. The molecule has 0 saturated heterocycles. The van der Waals surface area contributed by atoms with Crippen molar-refractivity contribution < 1.29 is 4.39 Å². The summed E-state index contributed by atoms with van der Waals surface area (Å²) in [5, 5.41) is 11.5. The molecule has 18 heavy (non-hydrogen) atoms. The van der Waals surface area contributed by atoms with Crippen molar-refractivity contribution in [2.24, 2.45) is 0 Å². The zero-order valence-electron chi connectivity index (χ0n) is 9.11. The van der Waals surface area contributed by atoms with E-state index in [4.69, 9.17) is 11.0 Å². The molecule has 0 bridgehead atoms. The molecule has 2 rings (SSSR count). The summed E-state index contributed by atoms with van der Waals surface area (Å²) in [5.74, 6) is -0.517. The molecule has 4 nitrogen and oxygen atoms in total. The van der Waals surface area contributed by atoms with Crippen molar-refractivity contribution in [1.29, 1.82) is 5.26 Å². The van der Waals surface area contributed by atoms with Gasteiger partial charge in [-0.2, -0.15) is 5.26 Å². The van der Waals surface area contributed by atoms with E-state index < -0.39 is 5.82 Å². The second-order valence-electron chi connectivity index (χ2n) is 3.52. The Balaban J connectivity index is 2.38. The monoisotopic (exact) mass is 306 g/mol. The number of hydrogen-bond donors (Lipinski definition) is 2. The highest BCUT2D eigenvalue weighted by Crippen LogP contribution is 2.31. The first-order valence-electron chi connectivity index (χ1n) is 4.97. The number of rotatable bonds is 2. The van der Waals surface area contributed by atoms with Gasteiger partial charge in [0.25, 0.3) is 0 Å². The summed E-state index contributed by atoms with van der Waals surface area (Å²) in [5.41, 5.74) is 7.18. The van der Waals surface area contributed by atoms with Crippen molar-refractivity contribution in [2.45, 2.75) is 0 Å². The van der Waals surface area contributed by atoms with Crippen LogP contribution in [0.1, 0.15) is 5.56 Å². The number of nitrogens with zero attached hydrogens (tertiary/aromatic N) is 2. The normalized spacial score (nSPS) is 9.83. The molecule has 6 heteroatoms. The summed E-state index contributed by atoms with van der Waals surface area (Å²) in [7, 11) is 0. The molecule has 0 aliphatic rings. The van der Waals surface area contributed by atoms with Gasteiger partial charge < -0.3 is 11.1 Å². The number of aromatic nitrogens is 1. The Morgan fingerprint density at radius 2 is 2.17 bits per heavy atom. The van der Waals surface area contributed by atoms with Gasteiger partial charge in [0.2, 0.25) is 0 Å². The molecule has 1 aromatic carbocycles. The number of halogens is 2. The molecule has 0 aliphatic heterocycles. The van der Waals surface area contributed by atoms with Crippen LogP contribution in [0.4, 0.5) is 21.5 Å². The number of anilines is 3. The topological polar surface area (TPSA) is 74.7 Å². The van der Waals surface area contributed by atoms with Gasteiger partial charge in [-0.15, -0.1) is 0 Å². The highest BCUT2D eigenvalue weighted by molar-refractivity contribution is 9.10. The van der Waals surface area contributed by atoms with Crippen LogP contribution in [0.2, 0.25) is 0 Å². The quantitative estimate of drug-likeness (QED) is 0.893. The van der Waals surface area contributed by atoms with Gasteiger partial charge in [-0.05, 0) is 34.1 Å². The van der Waals surface area contributed by atoms with E-state index in [0.29, 0.717) is 15.8 Å². The molecule has 3 N–H and O–H groups in total. The molecule has 0 unspecified atom stereocenters. The maximum absolute atomic E-state index is 13.7. The Morgan fingerprint density at radius 1 is 1.39 bits per heavy atom. The first-order valence-corrected chi connectivity index (χ1v) is 5.77. The van der Waals surface area contributed by atoms with Crippen molar-refractivity contribution in [3.05, 3.63) is 46.4 Å². The number of pyridine rings is 1. The van der Waals surface area contributed by atoms with E-state index in [2.05, 4.69) is 26.2 Å². The molecule has 0 fully saturated rings. The zero-order chi connectivity index (χ0) is 13.1. The van der Waals surface area contributed by atoms with Gasteiger partial charge in [0, 0.05) is 6.20 Å². The van der Waals surface area contributed by atoms with E-state index in [9.17, 15) is 4.39 Å². The van der Waals surface area contributed by atoms with Gasteiger partial charge in [-0.1, -0.05) is 0 Å². The zero-order valence-corrected chi connectivity index (χ0v) is 10.7. The average Bonchev–Trinajstić information content (AvgIpc) is 2.35. The van der Waals surface area contributed by atoms with Crippen molar-refractivity contribution >= 4 is 33.0 Å². The Labute approximate surface area is 111 Å². The van der Waals surface area contributed by atoms with Crippen LogP contribution in [0.15, 0.2) is 35.1 Å². The van der Waals surface area contributed by atoms with E-state index in [-0.39, 0.29) is 11.3 Å². The van der Waals surface area contributed by atoms with E-state index in [1.54, 1.807) is 6.20 Å². The molecule has 0 saturated carbocycles. The molecule has 1 heterocycles. The van der Waals surface area contributed by atoms with Crippen LogP contribution in [0.5, 0.6) is 0 Å². The van der Waals surface area contributed by atoms with Crippen LogP contribution < -0.4 is 11.1 Å². The van der Waals surface area contributed by atoms with Crippen LogP contribution >= 0.6 is 15.9 Å². The smallest absolute Gasteiger partial charge is 0.147 e. The molecule has 0 amide bonds. The Bertz CT molecular complexity index is 616. The first-order chi connectivity index (χ1) is 8.61. The number of nitrogens with two attached hydrogens (primary N) is 1. The largest absolute Gasteiger partial charge is 0.396 e. The average molecular weight is 307 g/mol. The summed E-state index contributed by atoms with van der Waals surface area (Å²) in [6.45, 7) is 0. The second-order valence-corrected chi connectivity index (χ2v) is 4.37. The van der Waals surface area contributed by atoms with Crippen molar-refractivity contribution in [2.75, 3.05) is 11.1 Å². The Morgan fingerprint density at radius 3 is 2.78 bits per heavy atom. The van der Waals surface area contributed by atoms with E-state index in [1.165, 1.54) is 18.3 Å². The predicted molar refractivity (Wildman–Crippen MR) is 70.7 cm³/mol. The highest BCUT2D eigenvalue weighted by atomic mass is 79.9. The molecule has 0 spiro atoms. The van der Waals surface area contributed by atoms with Gasteiger partial charge in [-0.3, -0.25) is 4.98 Å². The van der Waals surface area contributed by atoms with E-state index in [1.807, 2.05) is 6.07 Å². The van der Waals surface area contributed by atoms with Gasteiger partial charge >= 0.3 is 0 Å². The summed E-state index contributed by atoms with van der Waals surface area (Å²) in [6.07, 6.45) is 3.02. The lowest BCUT2D eigenvalue weighted by Gasteiger charge is -2.11. The summed E-state index contributed by atoms with van der Waals surface area (Å²) >= 11 is 3.28. The van der Waals surface area contributed by atoms with Crippen LogP contribution in [0.25, 0.3) is 0 Å². The van der Waals surface area contributed by atoms with Crippen LogP contribution in [-0.4, -0.2) is 4.98 Å². The molecule has 0 atom stereocenters. The van der Waals surface area contributed by atoms with Gasteiger partial charge in [0.15, 0.2) is 0 Å². The van der Waals surface area contributed by atoms with Crippen molar-refractivity contribution in [1.82, 2.24) is 4.98 Å². The molecule has 0 radical (unpaired) electrons. The van der Waals surface area contributed by atoms with Crippen LogP contribution in [0.3, 0.4) is 0 Å². The maximum Gasteiger partial charge on any atom is 0.147 e. The lowest BCUT2D eigenvalue weighted by molar-refractivity contribution is 0.631. The minimum absolute atomic E-state index is 0.243. The number of hydrogen-bond acceptors (Lipinski definition) is 4. The van der Waals surface area contributed by atoms with Crippen LogP contribution in [0, 0.1) is 17.1 Å². The Kier molecular flexibility index (Phi) is 3.44. The highest BCUT2D eigenvalue weighted by Gasteiger charge is 2.09. The second kappa shape index (κ2) is 5.02. The third-order valence-electron chi connectivity index (χ3n) is 2.29. The fourth-order valence-electron chi connectivity index (χ4n) is 1.40. The maximum atomic E-state index is 13.7.